The predicted octanol–water partition coefficient (Wildman–Crippen LogP) is 1.29. The lowest BCUT2D eigenvalue weighted by atomic mass is 9.99. The number of rotatable bonds is 4. The summed E-state index contributed by atoms with van der Waals surface area (Å²) in [6, 6.07) is 3.28. The van der Waals surface area contributed by atoms with Crippen molar-refractivity contribution in [2.24, 2.45) is 0 Å². The second-order valence-corrected chi connectivity index (χ2v) is 6.53. The molecule has 2 aromatic rings. The molecule has 0 radical (unpaired) electrons. The van der Waals surface area contributed by atoms with Crippen molar-refractivity contribution < 1.29 is 23.7 Å². The molecule has 0 unspecified atom stereocenters. The molecular weight excluding hydrogens is 352 g/mol. The number of hydrogen-bond donors (Lipinski definition) is 0. The van der Waals surface area contributed by atoms with Crippen LogP contribution in [0.4, 0.5) is 0 Å². The number of aromatic nitrogens is 3. The Hall–Kier alpha value is -2.81. The summed E-state index contributed by atoms with van der Waals surface area (Å²) in [4.78, 5) is 15.0. The molecule has 0 spiro atoms. The Kier molecular flexibility index (Phi) is 4.61. The maximum Gasteiger partial charge on any atom is 0.257 e. The number of fused-ring (bicyclic) bond motifs is 3. The molecule has 0 aliphatic carbocycles. The lowest BCUT2D eigenvalue weighted by molar-refractivity contribution is -0.0605. The fraction of sp³-hybridized carbons (Fsp3) is 0.500. The molecule has 1 aromatic heterocycles. The van der Waals surface area contributed by atoms with Gasteiger partial charge in [-0.2, -0.15) is 0 Å². The molecule has 9 heteroatoms. The van der Waals surface area contributed by atoms with E-state index in [1.165, 1.54) is 14.2 Å². The van der Waals surface area contributed by atoms with E-state index < -0.39 is 0 Å². The van der Waals surface area contributed by atoms with Gasteiger partial charge in [-0.25, -0.2) is 4.68 Å². The Morgan fingerprint density at radius 2 is 1.89 bits per heavy atom. The number of methoxy groups -OCH3 is 3. The van der Waals surface area contributed by atoms with Crippen LogP contribution in [-0.2, 0) is 11.3 Å². The third kappa shape index (κ3) is 2.97. The van der Waals surface area contributed by atoms with E-state index in [1.807, 2.05) is 4.68 Å². The van der Waals surface area contributed by atoms with E-state index in [9.17, 15) is 4.79 Å². The van der Waals surface area contributed by atoms with E-state index >= 15 is 0 Å². The first-order chi connectivity index (χ1) is 13.2. The van der Waals surface area contributed by atoms with Crippen molar-refractivity contribution >= 4 is 5.91 Å². The monoisotopic (exact) mass is 374 g/mol. The molecule has 3 heterocycles. The van der Waals surface area contributed by atoms with Gasteiger partial charge in [0.2, 0.25) is 0 Å². The van der Waals surface area contributed by atoms with Crippen molar-refractivity contribution in [2.75, 3.05) is 34.4 Å². The van der Waals surface area contributed by atoms with Crippen LogP contribution in [0.3, 0.4) is 0 Å². The third-order valence-electron chi connectivity index (χ3n) is 5.15. The highest BCUT2D eigenvalue weighted by Gasteiger charge is 2.38. The Morgan fingerprint density at radius 3 is 2.63 bits per heavy atom. The van der Waals surface area contributed by atoms with Gasteiger partial charge in [-0.3, -0.25) is 4.79 Å². The number of benzene rings is 1. The second kappa shape index (κ2) is 7.07. The number of carbonyl (C=O) groups excluding carboxylic acids is 1. The molecule has 1 amide bonds. The van der Waals surface area contributed by atoms with Gasteiger partial charge in [-0.15, -0.1) is 5.10 Å². The molecule has 2 aliphatic rings. The minimum Gasteiger partial charge on any atom is -0.496 e. The zero-order valence-electron chi connectivity index (χ0n) is 15.5. The average molecular weight is 374 g/mol. The van der Waals surface area contributed by atoms with Gasteiger partial charge in [0.25, 0.3) is 5.91 Å². The smallest absolute Gasteiger partial charge is 0.257 e. The van der Waals surface area contributed by atoms with Crippen LogP contribution in [0.5, 0.6) is 17.2 Å². The van der Waals surface area contributed by atoms with Gasteiger partial charge in [0.05, 0.1) is 57.5 Å². The summed E-state index contributed by atoms with van der Waals surface area (Å²) < 4.78 is 23.8. The summed E-state index contributed by atoms with van der Waals surface area (Å²) in [7, 11) is 4.61. The van der Waals surface area contributed by atoms with Gasteiger partial charge < -0.3 is 23.8 Å². The van der Waals surface area contributed by atoms with Crippen molar-refractivity contribution in [3.8, 4) is 17.2 Å². The van der Waals surface area contributed by atoms with E-state index in [0.29, 0.717) is 42.5 Å². The molecule has 0 bridgehead atoms. The molecule has 1 aromatic carbocycles. The van der Waals surface area contributed by atoms with Crippen molar-refractivity contribution in [2.45, 2.75) is 25.2 Å². The minimum atomic E-state index is -0.126. The summed E-state index contributed by atoms with van der Waals surface area (Å²) in [6.07, 6.45) is 2.48. The van der Waals surface area contributed by atoms with E-state index in [-0.39, 0.29) is 18.1 Å². The maximum atomic E-state index is 13.2. The van der Waals surface area contributed by atoms with Gasteiger partial charge in [-0.1, -0.05) is 5.21 Å². The normalized spacial score (nSPS) is 21.2. The van der Waals surface area contributed by atoms with Crippen LogP contribution in [0.1, 0.15) is 28.5 Å². The van der Waals surface area contributed by atoms with Crippen LogP contribution in [-0.4, -0.2) is 66.3 Å². The van der Waals surface area contributed by atoms with E-state index in [4.69, 9.17) is 18.9 Å². The molecular formula is C18H22N4O5. The van der Waals surface area contributed by atoms with Gasteiger partial charge in [-0.05, 0) is 6.42 Å². The highest BCUT2D eigenvalue weighted by Crippen LogP contribution is 2.36. The third-order valence-corrected chi connectivity index (χ3v) is 5.15. The van der Waals surface area contributed by atoms with Gasteiger partial charge in [0.1, 0.15) is 5.75 Å². The summed E-state index contributed by atoms with van der Waals surface area (Å²) in [5, 5.41) is 8.15. The standard InChI is InChI=1S/C18H22N4O5/c1-24-15-7-17(26-3)16(25-2)6-12(15)18(23)21-5-4-14-13(9-21)22-11(10-27-14)8-19-20-22/h6-8,13-14H,4-5,9-10H2,1-3H3/t13-,14+/m1/s1. The van der Waals surface area contributed by atoms with Gasteiger partial charge >= 0.3 is 0 Å². The Labute approximate surface area is 156 Å². The zero-order valence-corrected chi connectivity index (χ0v) is 15.5. The van der Waals surface area contributed by atoms with Crippen LogP contribution < -0.4 is 14.2 Å². The van der Waals surface area contributed by atoms with Crippen LogP contribution in [0.15, 0.2) is 18.3 Å². The highest BCUT2D eigenvalue weighted by atomic mass is 16.5. The molecule has 4 rings (SSSR count). The maximum absolute atomic E-state index is 13.2. The summed E-state index contributed by atoms with van der Waals surface area (Å²) in [5.41, 5.74) is 1.36. The Balaban J connectivity index is 1.62. The Bertz CT molecular complexity index is 852. The first kappa shape index (κ1) is 17.6. The quantitative estimate of drug-likeness (QED) is 0.797. The molecule has 2 aliphatic heterocycles. The SMILES string of the molecule is COc1cc(OC)c(C(=O)N2CC[C@@H]3OCc4cnnn4[C@@H]3C2)cc1OC. The average Bonchev–Trinajstić information content (AvgIpc) is 3.21. The first-order valence-corrected chi connectivity index (χ1v) is 8.76. The van der Waals surface area contributed by atoms with Crippen LogP contribution in [0, 0.1) is 0 Å². The van der Waals surface area contributed by atoms with Crippen LogP contribution in [0.2, 0.25) is 0 Å². The predicted molar refractivity (Wildman–Crippen MR) is 94.3 cm³/mol. The van der Waals surface area contributed by atoms with E-state index in [2.05, 4.69) is 10.3 Å². The van der Waals surface area contributed by atoms with Crippen molar-refractivity contribution in [3.63, 3.8) is 0 Å². The van der Waals surface area contributed by atoms with Crippen molar-refractivity contribution in [1.29, 1.82) is 0 Å². The van der Waals surface area contributed by atoms with Crippen molar-refractivity contribution in [1.82, 2.24) is 19.9 Å². The minimum absolute atomic E-state index is 0.0375. The second-order valence-electron chi connectivity index (χ2n) is 6.53. The number of likely N-dealkylation sites (tertiary alicyclic amines) is 1. The lowest BCUT2D eigenvalue weighted by Gasteiger charge is -2.41. The molecule has 27 heavy (non-hydrogen) atoms. The van der Waals surface area contributed by atoms with Crippen LogP contribution in [0.25, 0.3) is 0 Å². The topological polar surface area (TPSA) is 87.9 Å². The summed E-state index contributed by atoms with van der Waals surface area (Å²) >= 11 is 0. The lowest BCUT2D eigenvalue weighted by Crippen LogP contribution is -2.50. The first-order valence-electron chi connectivity index (χ1n) is 8.76. The highest BCUT2D eigenvalue weighted by molar-refractivity contribution is 5.98. The molecule has 1 fully saturated rings. The van der Waals surface area contributed by atoms with E-state index in [1.54, 1.807) is 30.3 Å². The summed E-state index contributed by atoms with van der Waals surface area (Å²) in [6.45, 7) is 1.60. The van der Waals surface area contributed by atoms with Crippen molar-refractivity contribution in [3.05, 3.63) is 29.6 Å². The molecule has 0 saturated carbocycles. The Morgan fingerprint density at radius 1 is 1.15 bits per heavy atom. The zero-order chi connectivity index (χ0) is 19.0. The largest absolute Gasteiger partial charge is 0.496 e. The molecule has 1 saturated heterocycles. The number of hydrogen-bond acceptors (Lipinski definition) is 7. The fourth-order valence-corrected chi connectivity index (χ4v) is 3.73. The van der Waals surface area contributed by atoms with E-state index in [0.717, 1.165) is 12.1 Å². The fourth-order valence-electron chi connectivity index (χ4n) is 3.73. The molecule has 2 atom stereocenters. The number of nitrogens with zero attached hydrogens (tertiary/aromatic N) is 4. The van der Waals surface area contributed by atoms with Gasteiger partial charge in [0, 0.05) is 25.2 Å². The number of ether oxygens (including phenoxy) is 4. The number of carbonyl (C=O) groups is 1. The molecule has 144 valence electrons. The number of amides is 1. The molecule has 0 N–H and O–H groups in total. The van der Waals surface area contributed by atoms with Gasteiger partial charge in [0.15, 0.2) is 11.5 Å². The molecule has 9 nitrogen and oxygen atoms in total. The van der Waals surface area contributed by atoms with Crippen LogP contribution >= 0.6 is 0 Å². The number of piperidine rings is 1. The summed E-state index contributed by atoms with van der Waals surface area (Å²) in [5.74, 6) is 1.31.